The van der Waals surface area contributed by atoms with Gasteiger partial charge in [-0.3, -0.25) is 0 Å². The van der Waals surface area contributed by atoms with Gasteiger partial charge >= 0.3 is 0 Å². The lowest BCUT2D eigenvalue weighted by molar-refractivity contribution is 0.137. The number of rotatable bonds is 6. The molecule has 0 unspecified atom stereocenters. The summed E-state index contributed by atoms with van der Waals surface area (Å²) in [6, 6.07) is 1.32. The maximum absolute atomic E-state index is 5.90. The minimum absolute atomic E-state index is 0.0786. The van der Waals surface area contributed by atoms with Gasteiger partial charge in [-0.1, -0.05) is 19.6 Å². The summed E-state index contributed by atoms with van der Waals surface area (Å²) in [7, 11) is -1.36. The Morgan fingerprint density at radius 1 is 1.05 bits per heavy atom. The van der Waals surface area contributed by atoms with E-state index in [1.54, 1.807) is 0 Å². The summed E-state index contributed by atoms with van der Waals surface area (Å²) in [4.78, 5) is 2.64. The number of hydrogen-bond donors (Lipinski definition) is 0. The van der Waals surface area contributed by atoms with Crippen LogP contribution in [0.4, 0.5) is 0 Å². The normalized spacial score (nSPS) is 20.5. The molecule has 0 atom stereocenters. The second kappa shape index (κ2) is 7.36. The van der Waals surface area contributed by atoms with Crippen molar-refractivity contribution in [2.45, 2.75) is 58.5 Å². The topological polar surface area (TPSA) is 15.7 Å². The molecular formula is C14H34N2OSi2. The average Bonchev–Trinajstić information content (AvgIpc) is 2.26. The first-order valence-corrected chi connectivity index (χ1v) is 12.8. The molecule has 0 spiro atoms. The molecule has 0 bridgehead atoms. The highest BCUT2D eigenvalue weighted by atomic mass is 28.3. The molecule has 0 aromatic rings. The van der Waals surface area contributed by atoms with Gasteiger partial charge in [0.05, 0.1) is 0 Å². The highest BCUT2D eigenvalue weighted by molar-refractivity contribution is 6.73. The van der Waals surface area contributed by atoms with E-state index in [1.807, 2.05) is 0 Å². The van der Waals surface area contributed by atoms with Gasteiger partial charge in [0.25, 0.3) is 0 Å². The molecular weight excluding hydrogens is 268 g/mol. The smallest absolute Gasteiger partial charge is 0.162 e. The van der Waals surface area contributed by atoms with Crippen LogP contribution >= 0.6 is 0 Å². The molecule has 0 amide bonds. The molecule has 5 heteroatoms. The Morgan fingerprint density at radius 2 is 1.63 bits per heavy atom. The molecule has 114 valence electrons. The first-order valence-electron chi connectivity index (χ1n) is 7.80. The third kappa shape index (κ3) is 7.61. The molecule has 1 aliphatic heterocycles. The summed E-state index contributed by atoms with van der Waals surface area (Å²) < 4.78 is 8.64. The van der Waals surface area contributed by atoms with Crippen LogP contribution in [-0.4, -0.2) is 65.8 Å². The van der Waals surface area contributed by atoms with Crippen molar-refractivity contribution in [2.75, 3.05) is 32.7 Å². The summed E-state index contributed by atoms with van der Waals surface area (Å²) in [6.45, 7) is 20.2. The maximum Gasteiger partial charge on any atom is 0.162 e. The van der Waals surface area contributed by atoms with Crippen LogP contribution in [0.25, 0.3) is 0 Å². The number of piperazine rings is 1. The highest BCUT2D eigenvalue weighted by Gasteiger charge is 2.27. The Kier molecular flexibility index (Phi) is 6.73. The van der Waals surface area contributed by atoms with Gasteiger partial charge in [-0.05, 0) is 39.8 Å². The molecule has 1 aliphatic rings. The zero-order valence-corrected chi connectivity index (χ0v) is 16.4. The lowest BCUT2D eigenvalue weighted by atomic mass is 10.2. The summed E-state index contributed by atoms with van der Waals surface area (Å²) >= 11 is 0. The third-order valence-electron chi connectivity index (χ3n) is 3.72. The lowest BCUT2D eigenvalue weighted by Crippen LogP contribution is -2.56. The number of hydrogen-bond acceptors (Lipinski definition) is 3. The highest BCUT2D eigenvalue weighted by Crippen LogP contribution is 2.13. The van der Waals surface area contributed by atoms with Crippen LogP contribution in [0.3, 0.4) is 0 Å². The molecule has 0 aliphatic carbocycles. The third-order valence-corrected chi connectivity index (χ3v) is 7.93. The first kappa shape index (κ1) is 17.4. The average molecular weight is 303 g/mol. The van der Waals surface area contributed by atoms with Crippen LogP contribution < -0.4 is 0 Å². The van der Waals surface area contributed by atoms with Gasteiger partial charge in [0, 0.05) is 31.8 Å². The minimum atomic E-state index is -1.06. The summed E-state index contributed by atoms with van der Waals surface area (Å²) in [5.41, 5.74) is 0.0786. The maximum atomic E-state index is 5.90. The van der Waals surface area contributed by atoms with Crippen molar-refractivity contribution in [3.63, 3.8) is 0 Å². The van der Waals surface area contributed by atoms with E-state index in [1.165, 1.54) is 45.2 Å². The molecule has 0 radical (unpaired) electrons. The Labute approximate surface area is 123 Å². The summed E-state index contributed by atoms with van der Waals surface area (Å²) in [5, 5.41) is 0. The minimum Gasteiger partial charge on any atom is -0.419 e. The van der Waals surface area contributed by atoms with E-state index in [0.29, 0.717) is 0 Å². The van der Waals surface area contributed by atoms with E-state index < -0.39 is 8.24 Å². The molecule has 1 saturated heterocycles. The molecule has 0 aromatic heterocycles. The Balaban J connectivity index is 2.07. The fraction of sp³-hybridized carbons (Fsp3) is 1.00. The van der Waals surface area contributed by atoms with Gasteiger partial charge in [0.15, 0.2) is 9.76 Å². The van der Waals surface area contributed by atoms with Crippen molar-refractivity contribution in [1.82, 2.24) is 9.47 Å². The van der Waals surface area contributed by atoms with Gasteiger partial charge in [0.1, 0.15) is 8.24 Å². The van der Waals surface area contributed by atoms with Crippen molar-refractivity contribution in [1.29, 1.82) is 0 Å². The molecule has 19 heavy (non-hydrogen) atoms. The van der Waals surface area contributed by atoms with Crippen molar-refractivity contribution in [3.05, 3.63) is 0 Å². The van der Waals surface area contributed by atoms with Gasteiger partial charge in [-0.2, -0.15) is 0 Å². The van der Waals surface area contributed by atoms with Crippen LogP contribution in [0.1, 0.15) is 27.2 Å². The fourth-order valence-electron chi connectivity index (χ4n) is 2.46. The van der Waals surface area contributed by atoms with E-state index >= 15 is 0 Å². The molecule has 1 heterocycles. The Hall–Kier alpha value is 0.314. The van der Waals surface area contributed by atoms with Gasteiger partial charge in [-0.15, -0.1) is 0 Å². The standard InChI is InChI=1S/C14H34N2OSi2/c1-14(2,3)17-18-13-7-8-15-9-11-16(12-10-15)19(4,5)6/h7-13,18H2,1-6H3. The van der Waals surface area contributed by atoms with E-state index in [4.69, 9.17) is 4.43 Å². The van der Waals surface area contributed by atoms with Crippen LogP contribution in [0.5, 0.6) is 0 Å². The monoisotopic (exact) mass is 302 g/mol. The summed E-state index contributed by atoms with van der Waals surface area (Å²) in [5.74, 6) is 0. The van der Waals surface area contributed by atoms with Crippen LogP contribution in [-0.2, 0) is 4.43 Å². The second-order valence-corrected chi connectivity index (χ2v) is 14.0. The SMILES string of the molecule is CC(C)(C)O[SiH2]CCCN1CCN([Si](C)(C)C)CC1. The van der Waals surface area contributed by atoms with E-state index in [-0.39, 0.29) is 15.4 Å². The Morgan fingerprint density at radius 3 is 2.11 bits per heavy atom. The summed E-state index contributed by atoms with van der Waals surface area (Å²) in [6.07, 6.45) is 1.33. The lowest BCUT2D eigenvalue weighted by Gasteiger charge is -2.41. The Bertz CT molecular complexity index is 253. The zero-order chi connectivity index (χ0) is 14.5. The molecule has 0 aromatic carbocycles. The van der Waals surface area contributed by atoms with Crippen molar-refractivity contribution in [3.8, 4) is 0 Å². The van der Waals surface area contributed by atoms with Gasteiger partial charge in [-0.25, -0.2) is 0 Å². The molecule has 1 fully saturated rings. The molecule has 3 nitrogen and oxygen atoms in total. The van der Waals surface area contributed by atoms with Crippen LogP contribution in [0.15, 0.2) is 0 Å². The van der Waals surface area contributed by atoms with Crippen molar-refractivity contribution < 1.29 is 4.43 Å². The van der Waals surface area contributed by atoms with Gasteiger partial charge < -0.3 is 13.9 Å². The first-order chi connectivity index (χ1) is 8.68. The van der Waals surface area contributed by atoms with Crippen LogP contribution in [0.2, 0.25) is 25.7 Å². The second-order valence-electron chi connectivity index (χ2n) is 7.67. The predicted octanol–water partition coefficient (Wildman–Crippen LogP) is 2.15. The molecule has 1 rings (SSSR count). The molecule has 0 saturated carbocycles. The van der Waals surface area contributed by atoms with Crippen LogP contribution in [0, 0.1) is 0 Å². The van der Waals surface area contributed by atoms with Crippen molar-refractivity contribution in [2.24, 2.45) is 0 Å². The number of nitrogens with zero attached hydrogens (tertiary/aromatic N) is 2. The van der Waals surface area contributed by atoms with Gasteiger partial charge in [0.2, 0.25) is 0 Å². The quantitative estimate of drug-likeness (QED) is 0.552. The van der Waals surface area contributed by atoms with Crippen molar-refractivity contribution >= 4 is 18.0 Å². The van der Waals surface area contributed by atoms with E-state index in [0.717, 1.165) is 0 Å². The zero-order valence-electron chi connectivity index (χ0n) is 14.0. The van der Waals surface area contributed by atoms with E-state index in [2.05, 4.69) is 49.9 Å². The largest absolute Gasteiger partial charge is 0.419 e. The predicted molar refractivity (Wildman–Crippen MR) is 90.2 cm³/mol. The molecule has 0 N–H and O–H groups in total. The van der Waals surface area contributed by atoms with E-state index in [9.17, 15) is 0 Å². The fourth-order valence-corrected chi connectivity index (χ4v) is 5.18.